The van der Waals surface area contributed by atoms with Crippen molar-refractivity contribution in [1.82, 2.24) is 9.88 Å². The molecule has 0 atom stereocenters. The molecule has 0 bridgehead atoms. The molecular formula is C21H26N2O4. The summed E-state index contributed by atoms with van der Waals surface area (Å²) in [6, 6.07) is 8.73. The highest BCUT2D eigenvalue weighted by atomic mass is 16.5. The van der Waals surface area contributed by atoms with Crippen LogP contribution in [-0.2, 0) is 4.74 Å². The average molecular weight is 370 g/mol. The van der Waals surface area contributed by atoms with Crippen molar-refractivity contribution in [2.45, 2.75) is 40.7 Å². The van der Waals surface area contributed by atoms with Crippen LogP contribution in [-0.4, -0.2) is 46.7 Å². The number of benzene rings is 1. The normalized spacial score (nSPS) is 10.7. The predicted molar refractivity (Wildman–Crippen MR) is 103 cm³/mol. The van der Waals surface area contributed by atoms with Crippen LogP contribution in [0.1, 0.15) is 63.2 Å². The summed E-state index contributed by atoms with van der Waals surface area (Å²) in [5, 5.41) is 0. The molecule has 6 nitrogen and oxygen atoms in total. The molecule has 1 heterocycles. The standard InChI is InChI=1S/C21H26N2O4/c1-6-27-21(26)19-14(4)18(15(5)22-19)17(24)12-23(13(2)3)20(25)16-10-8-7-9-11-16/h7-11,13,22H,6,12H2,1-5H3. The van der Waals surface area contributed by atoms with Crippen molar-refractivity contribution in [3.63, 3.8) is 0 Å². The molecule has 0 radical (unpaired) electrons. The zero-order valence-electron chi connectivity index (χ0n) is 16.5. The molecule has 0 fully saturated rings. The molecule has 0 unspecified atom stereocenters. The van der Waals surface area contributed by atoms with Gasteiger partial charge in [-0.1, -0.05) is 18.2 Å². The van der Waals surface area contributed by atoms with E-state index in [1.807, 2.05) is 19.9 Å². The van der Waals surface area contributed by atoms with Crippen LogP contribution in [0.3, 0.4) is 0 Å². The van der Waals surface area contributed by atoms with Crippen LogP contribution >= 0.6 is 0 Å². The Morgan fingerprint density at radius 1 is 1.11 bits per heavy atom. The number of nitrogens with zero attached hydrogens (tertiary/aromatic N) is 1. The molecule has 6 heteroatoms. The van der Waals surface area contributed by atoms with Gasteiger partial charge in [-0.15, -0.1) is 0 Å². The molecule has 0 saturated carbocycles. The first-order valence-corrected chi connectivity index (χ1v) is 9.03. The predicted octanol–water partition coefficient (Wildman–Crippen LogP) is 3.54. The Labute approximate surface area is 159 Å². The molecule has 0 aliphatic heterocycles. The number of carbonyl (C=O) groups is 3. The molecule has 0 spiro atoms. The Morgan fingerprint density at radius 3 is 2.30 bits per heavy atom. The number of Topliss-reactive ketones (excluding diaryl/α,β-unsaturated/α-hetero) is 1. The van der Waals surface area contributed by atoms with Gasteiger partial charge < -0.3 is 14.6 Å². The molecule has 0 saturated heterocycles. The van der Waals surface area contributed by atoms with E-state index >= 15 is 0 Å². The SMILES string of the molecule is CCOC(=O)c1[nH]c(C)c(C(=O)CN(C(=O)c2ccccc2)C(C)C)c1C. The van der Waals surface area contributed by atoms with Crippen molar-refractivity contribution in [3.05, 3.63) is 58.4 Å². The zero-order valence-corrected chi connectivity index (χ0v) is 16.5. The number of hydrogen-bond donors (Lipinski definition) is 1. The fraction of sp³-hybridized carbons (Fsp3) is 0.381. The summed E-state index contributed by atoms with van der Waals surface area (Å²) in [5.74, 6) is -0.900. The van der Waals surface area contributed by atoms with Gasteiger partial charge in [0.1, 0.15) is 5.69 Å². The fourth-order valence-corrected chi connectivity index (χ4v) is 3.04. The van der Waals surface area contributed by atoms with E-state index in [1.165, 1.54) is 4.90 Å². The maximum absolute atomic E-state index is 13.0. The quantitative estimate of drug-likeness (QED) is 0.597. The second kappa shape index (κ2) is 8.66. The summed E-state index contributed by atoms with van der Waals surface area (Å²) in [4.78, 5) is 42.3. The minimum absolute atomic E-state index is 0.0623. The monoisotopic (exact) mass is 370 g/mol. The van der Waals surface area contributed by atoms with Gasteiger partial charge >= 0.3 is 5.97 Å². The van der Waals surface area contributed by atoms with Gasteiger partial charge in [-0.2, -0.15) is 0 Å². The first-order chi connectivity index (χ1) is 12.8. The minimum atomic E-state index is -0.488. The Morgan fingerprint density at radius 2 is 1.74 bits per heavy atom. The number of ketones is 1. The highest BCUT2D eigenvalue weighted by molar-refractivity contribution is 6.05. The summed E-state index contributed by atoms with van der Waals surface area (Å²) in [6.07, 6.45) is 0. The molecule has 1 amide bonds. The third-order valence-corrected chi connectivity index (χ3v) is 4.41. The number of aromatic amines is 1. The van der Waals surface area contributed by atoms with E-state index in [1.54, 1.807) is 45.0 Å². The van der Waals surface area contributed by atoms with E-state index in [0.29, 0.717) is 22.4 Å². The third-order valence-electron chi connectivity index (χ3n) is 4.41. The van der Waals surface area contributed by atoms with E-state index in [9.17, 15) is 14.4 Å². The number of aromatic nitrogens is 1. The van der Waals surface area contributed by atoms with E-state index in [4.69, 9.17) is 4.74 Å². The number of esters is 1. The maximum atomic E-state index is 13.0. The number of ether oxygens (including phenoxy) is 1. The fourth-order valence-electron chi connectivity index (χ4n) is 3.04. The number of rotatable bonds is 7. The van der Waals surface area contributed by atoms with E-state index in [2.05, 4.69) is 4.98 Å². The number of nitrogens with one attached hydrogen (secondary N) is 1. The van der Waals surface area contributed by atoms with Gasteiger partial charge in [0, 0.05) is 22.9 Å². The van der Waals surface area contributed by atoms with Crippen molar-refractivity contribution < 1.29 is 19.1 Å². The molecule has 27 heavy (non-hydrogen) atoms. The highest BCUT2D eigenvalue weighted by Gasteiger charge is 2.27. The Hall–Kier alpha value is -2.89. The van der Waals surface area contributed by atoms with Crippen molar-refractivity contribution in [2.24, 2.45) is 0 Å². The van der Waals surface area contributed by atoms with E-state index in [-0.39, 0.29) is 36.6 Å². The number of hydrogen-bond acceptors (Lipinski definition) is 4. The van der Waals surface area contributed by atoms with Gasteiger partial charge in [-0.05, 0) is 52.3 Å². The van der Waals surface area contributed by atoms with Crippen LogP contribution in [0.15, 0.2) is 30.3 Å². The number of carbonyl (C=O) groups excluding carboxylic acids is 3. The van der Waals surface area contributed by atoms with Crippen molar-refractivity contribution in [2.75, 3.05) is 13.2 Å². The van der Waals surface area contributed by atoms with Crippen molar-refractivity contribution in [3.8, 4) is 0 Å². The lowest BCUT2D eigenvalue weighted by molar-refractivity contribution is 0.0519. The lowest BCUT2D eigenvalue weighted by atomic mass is 10.0. The van der Waals surface area contributed by atoms with Crippen molar-refractivity contribution >= 4 is 17.7 Å². The Kier molecular flexibility index (Phi) is 6.55. The third kappa shape index (κ3) is 4.45. The number of H-pyrrole nitrogens is 1. The molecule has 0 aliphatic carbocycles. The highest BCUT2D eigenvalue weighted by Crippen LogP contribution is 2.21. The molecule has 1 aromatic carbocycles. The summed E-state index contributed by atoms with van der Waals surface area (Å²) in [6.45, 7) is 9.11. The Balaban J connectivity index is 2.29. The van der Waals surface area contributed by atoms with Gasteiger partial charge in [-0.3, -0.25) is 9.59 Å². The van der Waals surface area contributed by atoms with E-state index in [0.717, 1.165) is 0 Å². The summed E-state index contributed by atoms with van der Waals surface area (Å²) in [5.41, 5.74) is 2.39. The number of amides is 1. The zero-order chi connectivity index (χ0) is 20.1. The molecule has 144 valence electrons. The van der Waals surface area contributed by atoms with Crippen molar-refractivity contribution in [1.29, 1.82) is 0 Å². The second-order valence-electron chi connectivity index (χ2n) is 6.66. The van der Waals surface area contributed by atoms with Gasteiger partial charge in [0.25, 0.3) is 5.91 Å². The lowest BCUT2D eigenvalue weighted by Gasteiger charge is -2.26. The van der Waals surface area contributed by atoms with Crippen LogP contribution in [0.5, 0.6) is 0 Å². The first kappa shape index (κ1) is 20.4. The second-order valence-corrected chi connectivity index (χ2v) is 6.66. The van der Waals surface area contributed by atoms with Gasteiger partial charge in [0.2, 0.25) is 0 Å². The molecule has 2 aromatic rings. The van der Waals surface area contributed by atoms with Crippen LogP contribution in [0, 0.1) is 13.8 Å². The van der Waals surface area contributed by atoms with Crippen LogP contribution in [0.4, 0.5) is 0 Å². The van der Waals surface area contributed by atoms with Gasteiger partial charge in [0.05, 0.1) is 13.2 Å². The molecular weight excluding hydrogens is 344 g/mol. The lowest BCUT2D eigenvalue weighted by Crippen LogP contribution is -2.40. The molecule has 0 aliphatic rings. The minimum Gasteiger partial charge on any atom is -0.461 e. The van der Waals surface area contributed by atoms with Gasteiger partial charge in [-0.25, -0.2) is 4.79 Å². The maximum Gasteiger partial charge on any atom is 0.355 e. The van der Waals surface area contributed by atoms with E-state index < -0.39 is 5.97 Å². The molecule has 2 rings (SSSR count). The smallest absolute Gasteiger partial charge is 0.355 e. The topological polar surface area (TPSA) is 79.5 Å². The average Bonchev–Trinajstić information content (AvgIpc) is 2.94. The first-order valence-electron chi connectivity index (χ1n) is 9.03. The Bertz CT molecular complexity index is 837. The van der Waals surface area contributed by atoms with Crippen LogP contribution in [0.2, 0.25) is 0 Å². The summed E-state index contributed by atoms with van der Waals surface area (Å²) >= 11 is 0. The summed E-state index contributed by atoms with van der Waals surface area (Å²) < 4.78 is 5.03. The molecule has 1 aromatic heterocycles. The number of aryl methyl sites for hydroxylation is 1. The van der Waals surface area contributed by atoms with Gasteiger partial charge in [0.15, 0.2) is 5.78 Å². The molecule has 1 N–H and O–H groups in total. The van der Waals surface area contributed by atoms with Crippen LogP contribution in [0.25, 0.3) is 0 Å². The summed E-state index contributed by atoms with van der Waals surface area (Å²) in [7, 11) is 0. The van der Waals surface area contributed by atoms with Crippen LogP contribution < -0.4 is 0 Å². The largest absolute Gasteiger partial charge is 0.461 e.